The van der Waals surface area contributed by atoms with Crippen LogP contribution >= 0.6 is 0 Å². The zero-order valence-corrected chi connectivity index (χ0v) is 24.1. The fourth-order valence-electron chi connectivity index (χ4n) is 6.53. The molecule has 1 amide bonds. The van der Waals surface area contributed by atoms with E-state index >= 15 is 0 Å². The summed E-state index contributed by atoms with van der Waals surface area (Å²) in [4.78, 5) is 13.6. The van der Waals surface area contributed by atoms with Gasteiger partial charge in [-0.3, -0.25) is 4.79 Å². The summed E-state index contributed by atoms with van der Waals surface area (Å²) in [6, 6.07) is 22.9. The molecule has 1 aliphatic carbocycles. The molecule has 206 valence electrons. The Morgan fingerprint density at radius 3 is 2.13 bits per heavy atom. The van der Waals surface area contributed by atoms with Gasteiger partial charge < -0.3 is 10.1 Å². The third-order valence-electron chi connectivity index (χ3n) is 8.67. The Morgan fingerprint density at radius 2 is 1.49 bits per heavy atom. The summed E-state index contributed by atoms with van der Waals surface area (Å²) in [6.45, 7) is 6.65. The van der Waals surface area contributed by atoms with Gasteiger partial charge in [0.15, 0.2) is 0 Å². The average Bonchev–Trinajstić information content (AvgIpc) is 3.19. The van der Waals surface area contributed by atoms with Gasteiger partial charge in [0.25, 0.3) is 0 Å². The van der Waals surface area contributed by atoms with Crippen LogP contribution in [0.1, 0.15) is 113 Å². The molecule has 3 aromatic rings. The maximum atomic E-state index is 13.6. The van der Waals surface area contributed by atoms with Gasteiger partial charge in [-0.1, -0.05) is 121 Å². The molecule has 1 fully saturated rings. The van der Waals surface area contributed by atoms with E-state index in [1.54, 1.807) is 0 Å². The van der Waals surface area contributed by atoms with Crippen LogP contribution in [0.25, 0.3) is 0 Å². The summed E-state index contributed by atoms with van der Waals surface area (Å²) < 4.78 is 6.15. The molecular formula is C36H45NO2. The topological polar surface area (TPSA) is 38.3 Å². The van der Waals surface area contributed by atoms with E-state index in [0.29, 0.717) is 6.42 Å². The number of benzene rings is 3. The first-order valence-corrected chi connectivity index (χ1v) is 15.2. The predicted molar refractivity (Wildman–Crippen MR) is 162 cm³/mol. The smallest absolute Gasteiger partial charge is 0.225 e. The van der Waals surface area contributed by atoms with Crippen LogP contribution in [0.5, 0.6) is 11.5 Å². The highest BCUT2D eigenvalue weighted by atomic mass is 16.5. The summed E-state index contributed by atoms with van der Waals surface area (Å²) in [5, 5.41) is 3.34. The molecule has 1 saturated carbocycles. The number of hydrogen-bond donors (Lipinski definition) is 1. The molecule has 39 heavy (non-hydrogen) atoms. The van der Waals surface area contributed by atoms with E-state index in [-0.39, 0.29) is 17.2 Å². The summed E-state index contributed by atoms with van der Waals surface area (Å²) in [5.74, 6) is 2.63. The number of fused-ring (bicyclic) bond motifs is 2. The molecule has 3 nitrogen and oxygen atoms in total. The maximum absolute atomic E-state index is 13.6. The lowest BCUT2D eigenvalue weighted by Crippen LogP contribution is -2.22. The molecule has 0 saturated heterocycles. The van der Waals surface area contributed by atoms with Gasteiger partial charge in [-0.15, -0.1) is 0 Å². The Kier molecular flexibility index (Phi) is 8.75. The van der Waals surface area contributed by atoms with Crippen LogP contribution in [0.4, 0.5) is 5.69 Å². The van der Waals surface area contributed by atoms with E-state index in [0.717, 1.165) is 40.7 Å². The van der Waals surface area contributed by atoms with Crippen molar-refractivity contribution in [2.75, 3.05) is 5.32 Å². The number of unbranched alkanes of at least 4 members (excludes halogenated alkanes) is 1. The second-order valence-electron chi connectivity index (χ2n) is 12.7. The molecule has 0 atom stereocenters. The van der Waals surface area contributed by atoms with E-state index in [4.69, 9.17) is 4.74 Å². The lowest BCUT2D eigenvalue weighted by atomic mass is 9.84. The number of aryl methyl sites for hydroxylation is 1. The van der Waals surface area contributed by atoms with Crippen LogP contribution in [0.2, 0.25) is 0 Å². The highest BCUT2D eigenvalue weighted by Crippen LogP contribution is 2.45. The molecule has 3 aromatic carbocycles. The second kappa shape index (κ2) is 12.4. The van der Waals surface area contributed by atoms with Gasteiger partial charge in [0.2, 0.25) is 5.91 Å². The fourth-order valence-corrected chi connectivity index (χ4v) is 6.53. The molecule has 3 heteroatoms. The van der Waals surface area contributed by atoms with Crippen LogP contribution in [0, 0.1) is 5.92 Å². The molecule has 2 aliphatic rings. The minimum Gasteiger partial charge on any atom is -0.457 e. The first-order valence-electron chi connectivity index (χ1n) is 15.2. The molecule has 0 spiro atoms. The van der Waals surface area contributed by atoms with E-state index in [2.05, 4.69) is 56.4 Å². The van der Waals surface area contributed by atoms with Gasteiger partial charge in [0.1, 0.15) is 11.5 Å². The molecule has 1 heterocycles. The summed E-state index contributed by atoms with van der Waals surface area (Å²) in [7, 11) is 0. The van der Waals surface area contributed by atoms with Crippen LogP contribution in [-0.4, -0.2) is 5.91 Å². The van der Waals surface area contributed by atoms with Crippen LogP contribution < -0.4 is 10.1 Å². The van der Waals surface area contributed by atoms with Gasteiger partial charge in [0, 0.05) is 29.2 Å². The van der Waals surface area contributed by atoms with E-state index in [1.165, 1.54) is 68.9 Å². The summed E-state index contributed by atoms with van der Waals surface area (Å²) in [6.07, 6.45) is 13.9. The number of carbonyl (C=O) groups excluding carboxylic acids is 1. The minimum atomic E-state index is -0.0570. The highest BCUT2D eigenvalue weighted by molar-refractivity contribution is 5.93. The van der Waals surface area contributed by atoms with E-state index in [1.807, 2.05) is 36.4 Å². The third kappa shape index (κ3) is 6.93. The van der Waals surface area contributed by atoms with Crippen LogP contribution in [0.3, 0.4) is 0 Å². The highest BCUT2D eigenvalue weighted by Gasteiger charge is 2.29. The Hall–Kier alpha value is -3.07. The number of para-hydroxylation sites is 2. The van der Waals surface area contributed by atoms with Crippen molar-refractivity contribution in [1.29, 1.82) is 0 Å². The molecular weight excluding hydrogens is 478 g/mol. The summed E-state index contributed by atoms with van der Waals surface area (Å²) >= 11 is 0. The normalized spacial score (nSPS) is 16.1. The number of amides is 1. The predicted octanol–water partition coefficient (Wildman–Crippen LogP) is 9.93. The Morgan fingerprint density at radius 1 is 0.846 bits per heavy atom. The quantitative estimate of drug-likeness (QED) is 0.236. The largest absolute Gasteiger partial charge is 0.457 e. The molecule has 1 N–H and O–H groups in total. The SMILES string of the molecule is CC(C)(C)c1ccc(CCCCC2CCCCCC2)cc1NC(=O)CC1c2ccccc2Oc2ccccc21. The summed E-state index contributed by atoms with van der Waals surface area (Å²) in [5.41, 5.74) is 5.56. The van der Waals surface area contributed by atoms with Crippen molar-refractivity contribution >= 4 is 11.6 Å². The van der Waals surface area contributed by atoms with Crippen LogP contribution in [-0.2, 0) is 16.6 Å². The van der Waals surface area contributed by atoms with E-state index in [9.17, 15) is 4.79 Å². The van der Waals surface area contributed by atoms with Gasteiger partial charge in [0.05, 0.1) is 0 Å². The van der Waals surface area contributed by atoms with E-state index < -0.39 is 0 Å². The molecule has 0 unspecified atom stereocenters. The fraction of sp³-hybridized carbons (Fsp3) is 0.472. The lowest BCUT2D eigenvalue weighted by Gasteiger charge is -2.28. The Labute approximate surface area is 235 Å². The monoisotopic (exact) mass is 523 g/mol. The Balaban J connectivity index is 1.28. The number of hydrogen-bond acceptors (Lipinski definition) is 2. The standard InChI is InChI=1S/C36H45NO2/c1-36(2,3)31-23-22-27(17-9-8-16-26-14-6-4-5-7-15-26)24-32(31)37-35(38)25-30-28-18-10-12-20-33(28)39-34-21-13-11-19-29(30)34/h10-13,18-24,26,30H,4-9,14-17,25H2,1-3H3,(H,37,38). The zero-order valence-electron chi connectivity index (χ0n) is 24.1. The molecule has 0 bridgehead atoms. The lowest BCUT2D eigenvalue weighted by molar-refractivity contribution is -0.116. The first-order chi connectivity index (χ1) is 18.9. The van der Waals surface area contributed by atoms with Crippen molar-refractivity contribution in [3.63, 3.8) is 0 Å². The molecule has 5 rings (SSSR count). The van der Waals surface area contributed by atoms with Crippen molar-refractivity contribution < 1.29 is 9.53 Å². The third-order valence-corrected chi connectivity index (χ3v) is 8.67. The number of nitrogens with one attached hydrogen (secondary N) is 1. The number of rotatable bonds is 8. The maximum Gasteiger partial charge on any atom is 0.225 e. The van der Waals surface area contributed by atoms with Crippen LogP contribution in [0.15, 0.2) is 66.7 Å². The van der Waals surface area contributed by atoms with Gasteiger partial charge >= 0.3 is 0 Å². The van der Waals surface area contributed by atoms with Crippen molar-refractivity contribution in [1.82, 2.24) is 0 Å². The number of ether oxygens (including phenoxy) is 1. The molecule has 1 aliphatic heterocycles. The molecule has 0 aromatic heterocycles. The average molecular weight is 524 g/mol. The van der Waals surface area contributed by atoms with Crippen molar-refractivity contribution in [3.05, 3.63) is 89.0 Å². The van der Waals surface area contributed by atoms with Crippen molar-refractivity contribution in [2.24, 2.45) is 5.92 Å². The van der Waals surface area contributed by atoms with Gasteiger partial charge in [-0.2, -0.15) is 0 Å². The minimum absolute atomic E-state index is 0.0311. The second-order valence-corrected chi connectivity index (χ2v) is 12.7. The van der Waals surface area contributed by atoms with Gasteiger partial charge in [-0.25, -0.2) is 0 Å². The zero-order chi connectivity index (χ0) is 27.2. The first kappa shape index (κ1) is 27.5. The Bertz CT molecular complexity index is 1220. The van der Waals surface area contributed by atoms with Crippen molar-refractivity contribution in [3.8, 4) is 11.5 Å². The number of carbonyl (C=O) groups is 1. The molecule has 0 radical (unpaired) electrons. The van der Waals surface area contributed by atoms with Gasteiger partial charge in [-0.05, 0) is 53.5 Å². The van der Waals surface area contributed by atoms with Crippen molar-refractivity contribution in [2.45, 2.75) is 103 Å². The number of anilines is 1.